The standard InChI is InChI=1S/C16H21N3O/c1-13(11-17)18-16(20)15-9-5-6-10-19(15)12-14-7-3-2-4-8-14/h2-4,7-8,13,15H,5-6,9-10,12H2,1H3,(H,18,20). The molecule has 4 heteroatoms. The smallest absolute Gasteiger partial charge is 0.238 e. The van der Waals surface area contributed by atoms with Crippen LogP contribution in [0.5, 0.6) is 0 Å². The van der Waals surface area contributed by atoms with Crippen LogP contribution in [0.4, 0.5) is 0 Å². The summed E-state index contributed by atoms with van der Waals surface area (Å²) in [5.41, 5.74) is 1.22. The van der Waals surface area contributed by atoms with E-state index in [1.807, 2.05) is 24.3 Å². The van der Waals surface area contributed by atoms with Gasteiger partial charge in [-0.05, 0) is 31.9 Å². The van der Waals surface area contributed by atoms with Crippen LogP contribution in [0.2, 0.25) is 0 Å². The van der Waals surface area contributed by atoms with Gasteiger partial charge in [0.1, 0.15) is 6.04 Å². The zero-order valence-corrected chi connectivity index (χ0v) is 11.9. The van der Waals surface area contributed by atoms with Gasteiger partial charge in [0.15, 0.2) is 0 Å². The van der Waals surface area contributed by atoms with Gasteiger partial charge in [0.2, 0.25) is 5.91 Å². The van der Waals surface area contributed by atoms with E-state index >= 15 is 0 Å². The molecule has 0 aromatic heterocycles. The number of rotatable bonds is 4. The Morgan fingerprint density at radius 1 is 1.45 bits per heavy atom. The van der Waals surface area contributed by atoms with Crippen molar-refractivity contribution in [3.8, 4) is 6.07 Å². The number of nitriles is 1. The first kappa shape index (κ1) is 14.5. The zero-order chi connectivity index (χ0) is 14.4. The fourth-order valence-corrected chi connectivity index (χ4v) is 2.64. The van der Waals surface area contributed by atoms with Crippen molar-refractivity contribution in [2.45, 2.75) is 44.8 Å². The summed E-state index contributed by atoms with van der Waals surface area (Å²) in [5.74, 6) is -0.0188. The molecule has 0 radical (unpaired) electrons. The van der Waals surface area contributed by atoms with E-state index in [0.717, 1.165) is 32.4 Å². The lowest BCUT2D eigenvalue weighted by atomic mass is 10.00. The lowest BCUT2D eigenvalue weighted by molar-refractivity contribution is -0.128. The maximum atomic E-state index is 12.3. The molecule has 4 nitrogen and oxygen atoms in total. The van der Waals surface area contributed by atoms with E-state index in [1.165, 1.54) is 5.56 Å². The SMILES string of the molecule is CC(C#N)NC(=O)C1CCCCN1Cc1ccccc1. The summed E-state index contributed by atoms with van der Waals surface area (Å²) in [6.07, 6.45) is 3.07. The minimum Gasteiger partial charge on any atom is -0.339 e. The largest absolute Gasteiger partial charge is 0.339 e. The number of carbonyl (C=O) groups is 1. The number of hydrogen-bond acceptors (Lipinski definition) is 3. The highest BCUT2D eigenvalue weighted by molar-refractivity contribution is 5.82. The van der Waals surface area contributed by atoms with E-state index in [1.54, 1.807) is 6.92 Å². The van der Waals surface area contributed by atoms with E-state index in [-0.39, 0.29) is 11.9 Å². The van der Waals surface area contributed by atoms with Crippen LogP contribution in [-0.4, -0.2) is 29.4 Å². The van der Waals surface area contributed by atoms with Crippen molar-refractivity contribution in [3.05, 3.63) is 35.9 Å². The van der Waals surface area contributed by atoms with Crippen LogP contribution in [0.25, 0.3) is 0 Å². The van der Waals surface area contributed by atoms with Crippen molar-refractivity contribution in [1.29, 1.82) is 5.26 Å². The Morgan fingerprint density at radius 3 is 2.90 bits per heavy atom. The second-order valence-electron chi connectivity index (χ2n) is 5.33. The van der Waals surface area contributed by atoms with E-state index in [9.17, 15) is 4.79 Å². The molecule has 2 atom stereocenters. The van der Waals surface area contributed by atoms with Gasteiger partial charge in [0.05, 0.1) is 12.1 Å². The molecule has 1 aromatic rings. The molecule has 1 heterocycles. The van der Waals surface area contributed by atoms with Gasteiger partial charge in [-0.15, -0.1) is 0 Å². The molecule has 1 aromatic carbocycles. The maximum Gasteiger partial charge on any atom is 0.238 e. The molecule has 1 aliphatic rings. The molecular formula is C16H21N3O. The molecule has 1 aliphatic heterocycles. The first-order chi connectivity index (χ1) is 9.70. The molecule has 0 spiro atoms. The monoisotopic (exact) mass is 271 g/mol. The molecule has 2 unspecified atom stereocenters. The summed E-state index contributed by atoms with van der Waals surface area (Å²) in [6.45, 7) is 3.44. The van der Waals surface area contributed by atoms with E-state index < -0.39 is 6.04 Å². The summed E-state index contributed by atoms with van der Waals surface area (Å²) >= 11 is 0. The predicted molar refractivity (Wildman–Crippen MR) is 77.7 cm³/mol. The summed E-state index contributed by atoms with van der Waals surface area (Å²) in [4.78, 5) is 14.5. The summed E-state index contributed by atoms with van der Waals surface area (Å²) in [7, 11) is 0. The highest BCUT2D eigenvalue weighted by Crippen LogP contribution is 2.20. The van der Waals surface area contributed by atoms with Crippen LogP contribution >= 0.6 is 0 Å². The summed E-state index contributed by atoms with van der Waals surface area (Å²) < 4.78 is 0. The first-order valence-corrected chi connectivity index (χ1v) is 7.18. The molecular weight excluding hydrogens is 250 g/mol. The fourth-order valence-electron chi connectivity index (χ4n) is 2.64. The molecule has 1 N–H and O–H groups in total. The van der Waals surface area contributed by atoms with Gasteiger partial charge in [-0.3, -0.25) is 9.69 Å². The number of amides is 1. The molecule has 0 aliphatic carbocycles. The molecule has 106 valence electrons. The Labute approximate surface area is 120 Å². The molecule has 1 saturated heterocycles. The lowest BCUT2D eigenvalue weighted by Gasteiger charge is -2.34. The molecule has 0 saturated carbocycles. The van der Waals surface area contributed by atoms with E-state index in [2.05, 4.69) is 22.3 Å². The van der Waals surface area contributed by atoms with Crippen molar-refractivity contribution in [1.82, 2.24) is 10.2 Å². The third-order valence-corrected chi connectivity index (χ3v) is 3.70. The van der Waals surface area contributed by atoms with Crippen LogP contribution in [0.3, 0.4) is 0 Å². The second-order valence-corrected chi connectivity index (χ2v) is 5.33. The third kappa shape index (κ3) is 3.82. The lowest BCUT2D eigenvalue weighted by Crippen LogP contribution is -2.50. The number of likely N-dealkylation sites (tertiary alicyclic amines) is 1. The van der Waals surface area contributed by atoms with Gasteiger partial charge in [0.25, 0.3) is 0 Å². The van der Waals surface area contributed by atoms with Gasteiger partial charge in [0, 0.05) is 6.54 Å². The van der Waals surface area contributed by atoms with Crippen LogP contribution in [0.15, 0.2) is 30.3 Å². The Balaban J connectivity index is 2.02. The highest BCUT2D eigenvalue weighted by Gasteiger charge is 2.29. The molecule has 1 amide bonds. The number of piperidine rings is 1. The van der Waals surface area contributed by atoms with Gasteiger partial charge >= 0.3 is 0 Å². The van der Waals surface area contributed by atoms with Gasteiger partial charge in [-0.25, -0.2) is 0 Å². The highest BCUT2D eigenvalue weighted by atomic mass is 16.2. The first-order valence-electron chi connectivity index (χ1n) is 7.18. The van der Waals surface area contributed by atoms with Gasteiger partial charge in [-0.2, -0.15) is 5.26 Å². The Bertz CT molecular complexity index is 480. The van der Waals surface area contributed by atoms with Crippen LogP contribution in [-0.2, 0) is 11.3 Å². The van der Waals surface area contributed by atoms with Crippen LogP contribution < -0.4 is 5.32 Å². The van der Waals surface area contributed by atoms with Crippen LogP contribution in [0, 0.1) is 11.3 Å². The summed E-state index contributed by atoms with van der Waals surface area (Å²) in [5, 5.41) is 11.6. The van der Waals surface area contributed by atoms with Crippen molar-refractivity contribution >= 4 is 5.91 Å². The second kappa shape index (κ2) is 7.06. The Morgan fingerprint density at radius 2 is 2.20 bits per heavy atom. The number of nitrogens with zero attached hydrogens (tertiary/aromatic N) is 2. The maximum absolute atomic E-state index is 12.3. The van der Waals surface area contributed by atoms with Crippen molar-refractivity contribution in [3.63, 3.8) is 0 Å². The quantitative estimate of drug-likeness (QED) is 0.912. The number of carbonyl (C=O) groups excluding carboxylic acids is 1. The minimum absolute atomic E-state index is 0.0188. The fraction of sp³-hybridized carbons (Fsp3) is 0.500. The molecule has 1 fully saturated rings. The van der Waals surface area contributed by atoms with Crippen molar-refractivity contribution in [2.24, 2.45) is 0 Å². The Hall–Kier alpha value is -1.86. The number of hydrogen-bond donors (Lipinski definition) is 1. The van der Waals surface area contributed by atoms with Crippen molar-refractivity contribution in [2.75, 3.05) is 6.54 Å². The van der Waals surface area contributed by atoms with Gasteiger partial charge in [-0.1, -0.05) is 36.8 Å². The number of nitrogens with one attached hydrogen (secondary N) is 1. The zero-order valence-electron chi connectivity index (χ0n) is 11.9. The van der Waals surface area contributed by atoms with Gasteiger partial charge < -0.3 is 5.32 Å². The number of benzene rings is 1. The molecule has 2 rings (SSSR count). The van der Waals surface area contributed by atoms with Crippen LogP contribution in [0.1, 0.15) is 31.7 Å². The van der Waals surface area contributed by atoms with E-state index in [4.69, 9.17) is 5.26 Å². The average Bonchev–Trinajstić information content (AvgIpc) is 2.48. The minimum atomic E-state index is -0.428. The van der Waals surface area contributed by atoms with Crippen molar-refractivity contribution < 1.29 is 4.79 Å². The third-order valence-electron chi connectivity index (χ3n) is 3.70. The topological polar surface area (TPSA) is 56.1 Å². The summed E-state index contributed by atoms with van der Waals surface area (Å²) in [6, 6.07) is 11.7. The average molecular weight is 271 g/mol. The normalized spacial score (nSPS) is 20.9. The predicted octanol–water partition coefficient (Wildman–Crippen LogP) is 2.07. The van der Waals surface area contributed by atoms with E-state index in [0.29, 0.717) is 0 Å². The molecule has 20 heavy (non-hydrogen) atoms. The Kier molecular flexibility index (Phi) is 5.14. The molecule has 0 bridgehead atoms.